The average molecular weight is 359 g/mol. The van der Waals surface area contributed by atoms with Crippen LogP contribution in [0, 0.1) is 6.92 Å². The van der Waals surface area contributed by atoms with Crippen LogP contribution in [-0.2, 0) is 4.79 Å². The van der Waals surface area contributed by atoms with E-state index in [9.17, 15) is 9.59 Å². The molecule has 136 valence electrons. The van der Waals surface area contributed by atoms with E-state index >= 15 is 0 Å². The van der Waals surface area contributed by atoms with Gasteiger partial charge in [0.2, 0.25) is 5.91 Å². The molecule has 1 saturated carbocycles. The van der Waals surface area contributed by atoms with Crippen LogP contribution in [0.25, 0.3) is 22.2 Å². The fraction of sp³-hybridized carbons (Fsp3) is 0.227. The minimum Gasteiger partial charge on any atom is -0.352 e. The van der Waals surface area contributed by atoms with Crippen molar-refractivity contribution in [3.05, 3.63) is 65.7 Å². The molecule has 0 spiro atoms. The smallest absolute Gasteiger partial charge is 0.252 e. The number of carbonyl (C=O) groups excluding carboxylic acids is 2. The van der Waals surface area contributed by atoms with Gasteiger partial charge in [0.25, 0.3) is 5.91 Å². The Kier molecular flexibility index (Phi) is 4.59. The maximum Gasteiger partial charge on any atom is 0.252 e. The van der Waals surface area contributed by atoms with E-state index in [-0.39, 0.29) is 24.4 Å². The zero-order valence-corrected chi connectivity index (χ0v) is 15.2. The van der Waals surface area contributed by atoms with Gasteiger partial charge in [-0.1, -0.05) is 42.0 Å². The molecule has 2 aromatic carbocycles. The summed E-state index contributed by atoms with van der Waals surface area (Å²) >= 11 is 0. The van der Waals surface area contributed by atoms with Gasteiger partial charge < -0.3 is 10.6 Å². The van der Waals surface area contributed by atoms with Gasteiger partial charge in [0, 0.05) is 17.0 Å². The second-order valence-electron chi connectivity index (χ2n) is 6.97. The third kappa shape index (κ3) is 3.97. The number of pyridine rings is 1. The molecule has 3 aromatic rings. The van der Waals surface area contributed by atoms with Crippen LogP contribution < -0.4 is 10.6 Å². The molecule has 2 amide bonds. The molecule has 1 fully saturated rings. The highest BCUT2D eigenvalue weighted by Gasteiger charge is 2.23. The van der Waals surface area contributed by atoms with Crippen LogP contribution in [0.1, 0.15) is 28.8 Å². The van der Waals surface area contributed by atoms with Crippen molar-refractivity contribution in [3.8, 4) is 11.3 Å². The van der Waals surface area contributed by atoms with Crippen LogP contribution in [0.5, 0.6) is 0 Å². The van der Waals surface area contributed by atoms with Crippen molar-refractivity contribution >= 4 is 22.7 Å². The Bertz CT molecular complexity index is 1010. The monoisotopic (exact) mass is 359 g/mol. The summed E-state index contributed by atoms with van der Waals surface area (Å²) in [6.07, 6.45) is 2.04. The van der Waals surface area contributed by atoms with E-state index in [0.717, 1.165) is 40.6 Å². The minimum atomic E-state index is -0.267. The maximum absolute atomic E-state index is 12.8. The molecule has 0 radical (unpaired) electrons. The Labute approximate surface area is 157 Å². The first-order valence-electron chi connectivity index (χ1n) is 9.14. The summed E-state index contributed by atoms with van der Waals surface area (Å²) in [5.74, 6) is -0.417. The molecule has 0 bridgehead atoms. The van der Waals surface area contributed by atoms with E-state index in [1.807, 2.05) is 55.5 Å². The third-order valence-electron chi connectivity index (χ3n) is 4.63. The number of hydrogen-bond acceptors (Lipinski definition) is 3. The number of nitrogens with zero attached hydrogens (tertiary/aromatic N) is 1. The predicted octanol–water partition coefficient (Wildman–Crippen LogP) is 3.22. The lowest BCUT2D eigenvalue weighted by molar-refractivity contribution is -0.120. The zero-order valence-electron chi connectivity index (χ0n) is 15.2. The van der Waals surface area contributed by atoms with Crippen molar-refractivity contribution in [2.75, 3.05) is 6.54 Å². The lowest BCUT2D eigenvalue weighted by Crippen LogP contribution is -2.37. The first kappa shape index (κ1) is 17.2. The van der Waals surface area contributed by atoms with Gasteiger partial charge in [-0.2, -0.15) is 0 Å². The van der Waals surface area contributed by atoms with Crippen LogP contribution in [0.4, 0.5) is 0 Å². The summed E-state index contributed by atoms with van der Waals surface area (Å²) in [5.41, 5.74) is 4.02. The summed E-state index contributed by atoms with van der Waals surface area (Å²) in [6, 6.07) is 17.7. The number of aromatic nitrogens is 1. The third-order valence-corrected chi connectivity index (χ3v) is 4.63. The summed E-state index contributed by atoms with van der Waals surface area (Å²) in [4.78, 5) is 29.5. The van der Waals surface area contributed by atoms with Crippen molar-refractivity contribution in [3.63, 3.8) is 0 Å². The van der Waals surface area contributed by atoms with Gasteiger partial charge in [0.05, 0.1) is 23.3 Å². The molecule has 0 saturated heterocycles. The van der Waals surface area contributed by atoms with Gasteiger partial charge in [-0.3, -0.25) is 9.59 Å². The number of amides is 2. The van der Waals surface area contributed by atoms with Gasteiger partial charge in [-0.25, -0.2) is 4.98 Å². The van der Waals surface area contributed by atoms with Gasteiger partial charge in [0.1, 0.15) is 0 Å². The largest absolute Gasteiger partial charge is 0.352 e. The molecular formula is C22H21N3O2. The van der Waals surface area contributed by atoms with E-state index in [0.29, 0.717) is 5.56 Å². The van der Waals surface area contributed by atoms with Crippen molar-refractivity contribution < 1.29 is 9.59 Å². The highest BCUT2D eigenvalue weighted by molar-refractivity contribution is 6.08. The number of nitrogens with one attached hydrogen (secondary N) is 2. The standard InChI is InChI=1S/C22H21N3O2/c1-14-7-10-19-17(11-14)18(12-20(25-19)15-5-3-2-4-6-15)22(27)23-13-21(26)24-16-8-9-16/h2-7,10-12,16H,8-9,13H2,1H3,(H,23,27)(H,24,26). The second-order valence-corrected chi connectivity index (χ2v) is 6.97. The molecular weight excluding hydrogens is 338 g/mol. The number of rotatable bonds is 5. The average Bonchev–Trinajstić information content (AvgIpc) is 3.50. The van der Waals surface area contributed by atoms with Crippen molar-refractivity contribution in [1.29, 1.82) is 0 Å². The molecule has 27 heavy (non-hydrogen) atoms. The first-order valence-corrected chi connectivity index (χ1v) is 9.14. The highest BCUT2D eigenvalue weighted by Crippen LogP contribution is 2.25. The predicted molar refractivity (Wildman–Crippen MR) is 105 cm³/mol. The molecule has 2 N–H and O–H groups in total. The van der Waals surface area contributed by atoms with E-state index < -0.39 is 0 Å². The molecule has 5 heteroatoms. The van der Waals surface area contributed by atoms with Crippen LogP contribution in [0.15, 0.2) is 54.6 Å². The molecule has 5 nitrogen and oxygen atoms in total. The van der Waals surface area contributed by atoms with E-state index in [4.69, 9.17) is 4.98 Å². The van der Waals surface area contributed by atoms with E-state index in [2.05, 4.69) is 10.6 Å². The molecule has 0 aliphatic heterocycles. The van der Waals surface area contributed by atoms with E-state index in [1.54, 1.807) is 6.07 Å². The molecule has 1 aliphatic carbocycles. The molecule has 0 atom stereocenters. The van der Waals surface area contributed by atoms with Crippen LogP contribution >= 0.6 is 0 Å². The highest BCUT2D eigenvalue weighted by atomic mass is 16.2. The van der Waals surface area contributed by atoms with Crippen LogP contribution in [0.3, 0.4) is 0 Å². The zero-order chi connectivity index (χ0) is 18.8. The SMILES string of the molecule is Cc1ccc2nc(-c3ccccc3)cc(C(=O)NCC(=O)NC3CC3)c2c1. The second kappa shape index (κ2) is 7.19. The van der Waals surface area contributed by atoms with Gasteiger partial charge in [0.15, 0.2) is 0 Å². The Hall–Kier alpha value is -3.21. The number of carbonyl (C=O) groups is 2. The summed E-state index contributed by atoms with van der Waals surface area (Å²) in [6.45, 7) is 1.96. The molecule has 4 rings (SSSR count). The maximum atomic E-state index is 12.8. The number of aryl methyl sites for hydroxylation is 1. The fourth-order valence-corrected chi connectivity index (χ4v) is 3.05. The van der Waals surface area contributed by atoms with Crippen LogP contribution in [0.2, 0.25) is 0 Å². The number of hydrogen-bond donors (Lipinski definition) is 2. The molecule has 1 aromatic heterocycles. The lowest BCUT2D eigenvalue weighted by atomic mass is 10.0. The summed E-state index contributed by atoms with van der Waals surface area (Å²) < 4.78 is 0. The quantitative estimate of drug-likeness (QED) is 0.735. The number of benzene rings is 2. The van der Waals surface area contributed by atoms with E-state index in [1.165, 1.54) is 0 Å². The minimum absolute atomic E-state index is 0.0222. The van der Waals surface area contributed by atoms with Crippen molar-refractivity contribution in [2.24, 2.45) is 0 Å². The van der Waals surface area contributed by atoms with Gasteiger partial charge in [-0.15, -0.1) is 0 Å². The van der Waals surface area contributed by atoms with Crippen LogP contribution in [-0.4, -0.2) is 29.4 Å². The Morgan fingerprint density at radius 3 is 2.59 bits per heavy atom. The normalized spacial score (nSPS) is 13.4. The van der Waals surface area contributed by atoms with Crippen molar-refractivity contribution in [2.45, 2.75) is 25.8 Å². The molecule has 0 unspecified atom stereocenters. The topological polar surface area (TPSA) is 71.1 Å². The van der Waals surface area contributed by atoms with Gasteiger partial charge >= 0.3 is 0 Å². The Morgan fingerprint density at radius 2 is 1.85 bits per heavy atom. The van der Waals surface area contributed by atoms with Gasteiger partial charge in [-0.05, 0) is 38.0 Å². The lowest BCUT2D eigenvalue weighted by Gasteiger charge is -2.11. The van der Waals surface area contributed by atoms with Crippen molar-refractivity contribution in [1.82, 2.24) is 15.6 Å². The number of fused-ring (bicyclic) bond motifs is 1. The Balaban J connectivity index is 1.67. The molecule has 1 aliphatic rings. The molecule has 1 heterocycles. The summed E-state index contributed by atoms with van der Waals surface area (Å²) in [5, 5.41) is 6.41. The fourth-order valence-electron chi connectivity index (χ4n) is 3.05. The summed E-state index contributed by atoms with van der Waals surface area (Å²) in [7, 11) is 0. The Morgan fingerprint density at radius 1 is 1.07 bits per heavy atom. The first-order chi connectivity index (χ1) is 13.1.